The van der Waals surface area contributed by atoms with E-state index in [1.165, 1.54) is 12.8 Å². The van der Waals surface area contributed by atoms with Crippen molar-refractivity contribution in [3.8, 4) is 5.88 Å². The van der Waals surface area contributed by atoms with Gasteiger partial charge in [0.1, 0.15) is 6.04 Å². The number of anilines is 1. The number of hydrogen-bond acceptors (Lipinski definition) is 4. The fourth-order valence-corrected chi connectivity index (χ4v) is 3.13. The average Bonchev–Trinajstić information content (AvgIpc) is 3.66. The summed E-state index contributed by atoms with van der Waals surface area (Å²) in [5.74, 6) is 0.932. The third kappa shape index (κ3) is 6.31. The van der Waals surface area contributed by atoms with Crippen molar-refractivity contribution >= 4 is 17.6 Å². The molecule has 0 saturated heterocycles. The van der Waals surface area contributed by atoms with Crippen molar-refractivity contribution in [2.24, 2.45) is 5.92 Å². The average molecular weight is 431 g/mol. The number of aromatic nitrogens is 1. The Morgan fingerprint density at radius 2 is 1.69 bits per heavy atom. The highest BCUT2D eigenvalue weighted by Gasteiger charge is 2.23. The summed E-state index contributed by atoms with van der Waals surface area (Å²) in [4.78, 5) is 29.7. The van der Waals surface area contributed by atoms with E-state index in [-0.39, 0.29) is 12.5 Å². The van der Waals surface area contributed by atoms with Crippen molar-refractivity contribution in [3.05, 3.63) is 90.1 Å². The molecule has 1 unspecified atom stereocenters. The van der Waals surface area contributed by atoms with E-state index in [9.17, 15) is 9.59 Å². The summed E-state index contributed by atoms with van der Waals surface area (Å²) in [7, 11) is 0. The minimum atomic E-state index is -0.840. The number of benzene rings is 2. The second-order valence-electron chi connectivity index (χ2n) is 7.79. The lowest BCUT2D eigenvalue weighted by atomic mass is 10.1. The number of nitrogens with one attached hydrogen (secondary N) is 3. The van der Waals surface area contributed by atoms with Gasteiger partial charge in [0.05, 0.1) is 6.61 Å². The van der Waals surface area contributed by atoms with Crippen LogP contribution in [0.3, 0.4) is 0 Å². The van der Waals surface area contributed by atoms with Crippen molar-refractivity contribution in [3.63, 3.8) is 0 Å². The first-order chi connectivity index (χ1) is 15.7. The van der Waals surface area contributed by atoms with Crippen LogP contribution in [0.15, 0.2) is 79.0 Å². The van der Waals surface area contributed by atoms with Gasteiger partial charge in [-0.1, -0.05) is 54.6 Å². The molecule has 1 atom stereocenters. The summed E-state index contributed by atoms with van der Waals surface area (Å²) >= 11 is 0. The van der Waals surface area contributed by atoms with E-state index in [1.807, 2.05) is 42.5 Å². The van der Waals surface area contributed by atoms with Crippen LogP contribution in [0.5, 0.6) is 5.88 Å². The Hall–Kier alpha value is -3.87. The molecule has 1 fully saturated rings. The van der Waals surface area contributed by atoms with Gasteiger partial charge in [0.15, 0.2) is 0 Å². The molecule has 1 aromatic heterocycles. The fourth-order valence-electron chi connectivity index (χ4n) is 3.13. The fraction of sp³-hybridized carbons (Fsp3) is 0.240. The number of carbonyl (C=O) groups is 2. The maximum Gasteiger partial charge on any atom is 0.315 e. The number of para-hydroxylation sites is 1. The smallest absolute Gasteiger partial charge is 0.315 e. The first-order valence-corrected chi connectivity index (χ1v) is 10.7. The number of nitrogens with zero attached hydrogens (tertiary/aromatic N) is 1. The lowest BCUT2D eigenvalue weighted by molar-refractivity contribution is -0.118. The molecule has 0 aliphatic heterocycles. The first-order valence-electron chi connectivity index (χ1n) is 10.7. The van der Waals surface area contributed by atoms with E-state index in [0.717, 1.165) is 5.56 Å². The number of pyridine rings is 1. The van der Waals surface area contributed by atoms with Gasteiger partial charge >= 0.3 is 6.03 Å². The minimum Gasteiger partial charge on any atom is -0.477 e. The highest BCUT2D eigenvalue weighted by atomic mass is 16.5. The van der Waals surface area contributed by atoms with Crippen molar-refractivity contribution in [1.29, 1.82) is 0 Å². The van der Waals surface area contributed by atoms with Gasteiger partial charge in [-0.05, 0) is 42.0 Å². The zero-order valence-electron chi connectivity index (χ0n) is 17.7. The van der Waals surface area contributed by atoms with Gasteiger partial charge in [0.25, 0.3) is 5.91 Å². The molecular weight excluding hydrogens is 404 g/mol. The molecule has 164 valence electrons. The zero-order chi connectivity index (χ0) is 22.2. The van der Waals surface area contributed by atoms with Crippen LogP contribution in [0.25, 0.3) is 0 Å². The van der Waals surface area contributed by atoms with Gasteiger partial charge in [-0.25, -0.2) is 9.78 Å². The number of amides is 3. The van der Waals surface area contributed by atoms with Gasteiger partial charge in [-0.3, -0.25) is 4.79 Å². The molecule has 3 N–H and O–H groups in total. The number of hydrogen-bond donors (Lipinski definition) is 3. The number of rotatable bonds is 9. The predicted octanol–water partition coefficient (Wildman–Crippen LogP) is 4.05. The lowest BCUT2D eigenvalue weighted by Gasteiger charge is -2.19. The standard InChI is InChI=1S/C25H26N4O3/c30-24(28-21-9-5-2-6-10-21)23(20-7-3-1-4-8-20)29-25(31)27-16-19-13-14-22(26-15-19)32-17-18-11-12-18/h1-10,13-15,18,23H,11-12,16-17H2,(H,28,30)(H2,27,29,31). The monoisotopic (exact) mass is 430 g/mol. The highest BCUT2D eigenvalue weighted by molar-refractivity contribution is 5.97. The van der Waals surface area contributed by atoms with Gasteiger partial charge < -0.3 is 20.7 Å². The van der Waals surface area contributed by atoms with Crippen molar-refractivity contribution in [2.45, 2.75) is 25.4 Å². The molecule has 3 amide bonds. The van der Waals surface area contributed by atoms with Crippen LogP contribution in [0.2, 0.25) is 0 Å². The molecule has 0 spiro atoms. The van der Waals surface area contributed by atoms with Crippen molar-refractivity contribution in [2.75, 3.05) is 11.9 Å². The zero-order valence-corrected chi connectivity index (χ0v) is 17.7. The summed E-state index contributed by atoms with van der Waals surface area (Å²) < 4.78 is 5.63. The van der Waals surface area contributed by atoms with Crippen LogP contribution in [0.4, 0.5) is 10.5 Å². The van der Waals surface area contributed by atoms with Crippen LogP contribution >= 0.6 is 0 Å². The van der Waals surface area contributed by atoms with Crippen LogP contribution in [0.1, 0.15) is 30.0 Å². The number of carbonyl (C=O) groups excluding carboxylic acids is 2. The van der Waals surface area contributed by atoms with Gasteiger partial charge in [-0.2, -0.15) is 0 Å². The molecule has 4 rings (SSSR count). The van der Waals surface area contributed by atoms with E-state index in [1.54, 1.807) is 36.5 Å². The molecule has 1 heterocycles. The Labute approximate surface area is 187 Å². The van der Waals surface area contributed by atoms with E-state index in [2.05, 4.69) is 20.9 Å². The van der Waals surface area contributed by atoms with Crippen LogP contribution in [-0.2, 0) is 11.3 Å². The van der Waals surface area contributed by atoms with Crippen LogP contribution in [0, 0.1) is 5.92 Å². The van der Waals surface area contributed by atoms with E-state index in [0.29, 0.717) is 29.7 Å². The predicted molar refractivity (Wildman–Crippen MR) is 122 cm³/mol. The SMILES string of the molecule is O=C(NCc1ccc(OCC2CC2)nc1)NC(C(=O)Nc1ccccc1)c1ccccc1. The van der Waals surface area contributed by atoms with Gasteiger partial charge in [0.2, 0.25) is 5.88 Å². The maximum atomic E-state index is 12.9. The second kappa shape index (κ2) is 10.4. The summed E-state index contributed by atoms with van der Waals surface area (Å²) in [6.07, 6.45) is 4.13. The third-order valence-electron chi connectivity index (χ3n) is 5.13. The number of ether oxygens (including phenoxy) is 1. The Balaban J connectivity index is 1.33. The van der Waals surface area contributed by atoms with Crippen molar-refractivity contribution < 1.29 is 14.3 Å². The lowest BCUT2D eigenvalue weighted by Crippen LogP contribution is -2.42. The molecule has 0 bridgehead atoms. The van der Waals surface area contributed by atoms with Gasteiger partial charge in [-0.15, -0.1) is 0 Å². The molecule has 1 saturated carbocycles. The third-order valence-corrected chi connectivity index (χ3v) is 5.13. The molecular formula is C25H26N4O3. The summed E-state index contributed by atoms with van der Waals surface area (Å²) in [5.41, 5.74) is 2.19. The molecule has 32 heavy (non-hydrogen) atoms. The molecule has 0 radical (unpaired) electrons. The normalized spacial score (nSPS) is 13.6. The quantitative estimate of drug-likeness (QED) is 0.478. The Kier molecular flexibility index (Phi) is 6.97. The Morgan fingerprint density at radius 1 is 0.969 bits per heavy atom. The molecule has 7 heteroatoms. The van der Waals surface area contributed by atoms with E-state index < -0.39 is 12.1 Å². The summed E-state index contributed by atoms with van der Waals surface area (Å²) in [6.45, 7) is 0.989. The maximum absolute atomic E-state index is 12.9. The Bertz CT molecular complexity index is 1020. The molecule has 1 aliphatic rings. The second-order valence-corrected chi connectivity index (χ2v) is 7.79. The van der Waals surface area contributed by atoms with Gasteiger partial charge in [0, 0.05) is 24.5 Å². The van der Waals surface area contributed by atoms with E-state index in [4.69, 9.17) is 4.74 Å². The van der Waals surface area contributed by atoms with E-state index >= 15 is 0 Å². The minimum absolute atomic E-state index is 0.281. The topological polar surface area (TPSA) is 92.3 Å². The van der Waals surface area contributed by atoms with Crippen LogP contribution in [-0.4, -0.2) is 23.5 Å². The summed E-state index contributed by atoms with van der Waals surface area (Å²) in [5, 5.41) is 8.40. The molecule has 2 aromatic carbocycles. The van der Waals surface area contributed by atoms with Crippen molar-refractivity contribution in [1.82, 2.24) is 15.6 Å². The highest BCUT2D eigenvalue weighted by Crippen LogP contribution is 2.29. The summed E-state index contributed by atoms with van der Waals surface area (Å²) in [6, 6.07) is 20.7. The largest absolute Gasteiger partial charge is 0.477 e. The van der Waals surface area contributed by atoms with Crippen LogP contribution < -0.4 is 20.7 Å². The Morgan fingerprint density at radius 3 is 2.34 bits per heavy atom. The number of urea groups is 1. The molecule has 3 aromatic rings. The molecule has 7 nitrogen and oxygen atoms in total. The molecule has 1 aliphatic carbocycles. The first kappa shape index (κ1) is 21.4.